The molecule has 0 aliphatic heterocycles. The Labute approximate surface area is 42.5 Å². The average Bonchev–Trinajstić information content (AvgIpc) is 1.41. The SMILES string of the molecule is CCCC[AsH]. The molecule has 0 fully saturated rings. The molecule has 0 amide bonds. The minimum atomic E-state index is 1.34. The van der Waals surface area contributed by atoms with Gasteiger partial charge >= 0.3 is 41.8 Å². The van der Waals surface area contributed by atoms with Crippen molar-refractivity contribution in [1.29, 1.82) is 0 Å². The van der Waals surface area contributed by atoms with E-state index < -0.39 is 0 Å². The second-order valence-electron chi connectivity index (χ2n) is 1.10. The molecule has 0 saturated heterocycles. The second-order valence-corrected chi connectivity index (χ2v) is 2.15. The molecule has 0 atom stereocenters. The van der Waals surface area contributed by atoms with Crippen LogP contribution in [0.2, 0.25) is 5.21 Å². The monoisotopic (exact) mass is 133 g/mol. The van der Waals surface area contributed by atoms with Crippen LogP contribution in [0.5, 0.6) is 0 Å². The molecule has 0 saturated carbocycles. The Morgan fingerprint density at radius 3 is 2.20 bits per heavy atom. The third-order valence-corrected chi connectivity index (χ3v) is 1.27. The molecule has 0 spiro atoms. The number of hydrogen-bond acceptors (Lipinski definition) is 0. The van der Waals surface area contributed by atoms with Gasteiger partial charge in [0.25, 0.3) is 0 Å². The molecule has 0 N–H and O–H groups in total. The zero-order valence-corrected chi connectivity index (χ0v) is 5.72. The summed E-state index contributed by atoms with van der Waals surface area (Å²) < 4.78 is 0. The van der Waals surface area contributed by atoms with Crippen molar-refractivity contribution in [3.8, 4) is 0 Å². The molecule has 0 bridgehead atoms. The number of rotatable bonds is 2. The fourth-order valence-electron chi connectivity index (χ4n) is 0.177. The molecule has 31 valence electrons. The Hall–Kier alpha value is 0.558. The molecule has 1 heteroatoms. The van der Waals surface area contributed by atoms with E-state index in [4.69, 9.17) is 0 Å². The summed E-state index contributed by atoms with van der Waals surface area (Å²) in [4.78, 5) is 0. The molecule has 0 aromatic heterocycles. The summed E-state index contributed by atoms with van der Waals surface area (Å²) in [7, 11) is 0. The molecule has 5 heavy (non-hydrogen) atoms. The van der Waals surface area contributed by atoms with Crippen LogP contribution in [-0.2, 0) is 0 Å². The van der Waals surface area contributed by atoms with Crippen molar-refractivity contribution in [2.75, 3.05) is 0 Å². The molecular formula is C4H10As. The van der Waals surface area contributed by atoms with Gasteiger partial charge in [-0.25, -0.2) is 0 Å². The minimum absolute atomic E-state index is 1.34. The van der Waals surface area contributed by atoms with Crippen LogP contribution in [-0.4, -0.2) is 16.9 Å². The summed E-state index contributed by atoms with van der Waals surface area (Å²) >= 11 is 2.21. The fraction of sp³-hybridized carbons (Fsp3) is 1.00. The van der Waals surface area contributed by atoms with Gasteiger partial charge in [0.15, 0.2) is 0 Å². The molecule has 0 aromatic carbocycles. The van der Waals surface area contributed by atoms with E-state index in [1.807, 2.05) is 0 Å². The number of unbranched alkanes of at least 4 members (excludes halogenated alkanes) is 1. The number of hydrogen-bond donors (Lipinski definition) is 0. The quantitative estimate of drug-likeness (QED) is 0.495. The summed E-state index contributed by atoms with van der Waals surface area (Å²) in [6, 6.07) is 0. The first-order chi connectivity index (χ1) is 2.41. The van der Waals surface area contributed by atoms with Crippen molar-refractivity contribution in [1.82, 2.24) is 0 Å². The Bertz CT molecular complexity index is 11.1. The zero-order chi connectivity index (χ0) is 4.12. The first kappa shape index (κ1) is 5.56. The predicted molar refractivity (Wildman–Crippen MR) is 26.9 cm³/mol. The van der Waals surface area contributed by atoms with E-state index in [0.29, 0.717) is 0 Å². The van der Waals surface area contributed by atoms with E-state index in [1.54, 1.807) is 0 Å². The molecule has 0 rings (SSSR count). The van der Waals surface area contributed by atoms with Crippen LogP contribution in [0.15, 0.2) is 0 Å². The molecule has 1 radical (unpaired) electrons. The van der Waals surface area contributed by atoms with Gasteiger partial charge in [0, 0.05) is 0 Å². The van der Waals surface area contributed by atoms with Gasteiger partial charge in [0.05, 0.1) is 0 Å². The molecule has 0 aromatic rings. The summed E-state index contributed by atoms with van der Waals surface area (Å²) in [5.74, 6) is 0. The van der Waals surface area contributed by atoms with Gasteiger partial charge < -0.3 is 0 Å². The van der Waals surface area contributed by atoms with Gasteiger partial charge in [-0.1, -0.05) is 0 Å². The Morgan fingerprint density at radius 2 is 2.20 bits per heavy atom. The van der Waals surface area contributed by atoms with Crippen LogP contribution >= 0.6 is 0 Å². The van der Waals surface area contributed by atoms with Gasteiger partial charge in [-0.05, 0) is 0 Å². The second kappa shape index (κ2) is 4.56. The summed E-state index contributed by atoms with van der Waals surface area (Å²) in [5, 5.41) is 1.34. The summed E-state index contributed by atoms with van der Waals surface area (Å²) in [5.41, 5.74) is 0. The van der Waals surface area contributed by atoms with Crippen molar-refractivity contribution in [2.24, 2.45) is 0 Å². The first-order valence-electron chi connectivity index (χ1n) is 2.06. The van der Waals surface area contributed by atoms with Crippen molar-refractivity contribution < 1.29 is 0 Å². The Morgan fingerprint density at radius 1 is 1.60 bits per heavy atom. The molecule has 0 aliphatic carbocycles. The van der Waals surface area contributed by atoms with Gasteiger partial charge in [-0.2, -0.15) is 0 Å². The normalized spacial score (nSPS) is 8.40. The van der Waals surface area contributed by atoms with E-state index >= 15 is 0 Å². The molecule has 0 heterocycles. The van der Waals surface area contributed by atoms with E-state index in [1.165, 1.54) is 18.1 Å². The van der Waals surface area contributed by atoms with E-state index in [9.17, 15) is 0 Å². The molecule has 0 unspecified atom stereocenters. The van der Waals surface area contributed by atoms with Gasteiger partial charge in [0.1, 0.15) is 0 Å². The maximum absolute atomic E-state index is 2.21. The van der Waals surface area contributed by atoms with Crippen LogP contribution in [0.1, 0.15) is 19.8 Å². The van der Waals surface area contributed by atoms with Gasteiger partial charge in [-0.3, -0.25) is 0 Å². The van der Waals surface area contributed by atoms with E-state index in [2.05, 4.69) is 23.8 Å². The van der Waals surface area contributed by atoms with Crippen molar-refractivity contribution >= 4 is 16.9 Å². The third-order valence-electron chi connectivity index (χ3n) is 0.530. The van der Waals surface area contributed by atoms with Crippen molar-refractivity contribution in [3.63, 3.8) is 0 Å². The summed E-state index contributed by atoms with van der Waals surface area (Å²) in [6.45, 7) is 2.21. The first-order valence-corrected chi connectivity index (χ1v) is 3.54. The Balaban J connectivity index is 2.19. The third kappa shape index (κ3) is 4.56. The predicted octanol–water partition coefficient (Wildman–Crippen LogP) is 1.11. The van der Waals surface area contributed by atoms with Crippen LogP contribution < -0.4 is 0 Å². The topological polar surface area (TPSA) is 0 Å². The van der Waals surface area contributed by atoms with Crippen molar-refractivity contribution in [3.05, 3.63) is 0 Å². The Kier molecular flexibility index (Phi) is 5.07. The van der Waals surface area contributed by atoms with E-state index in [0.717, 1.165) is 0 Å². The van der Waals surface area contributed by atoms with Crippen LogP contribution in [0.3, 0.4) is 0 Å². The maximum atomic E-state index is 2.21. The van der Waals surface area contributed by atoms with Crippen molar-refractivity contribution in [2.45, 2.75) is 25.0 Å². The molecule has 0 aliphatic rings. The van der Waals surface area contributed by atoms with E-state index in [-0.39, 0.29) is 0 Å². The van der Waals surface area contributed by atoms with Crippen LogP contribution in [0.4, 0.5) is 0 Å². The summed E-state index contributed by atoms with van der Waals surface area (Å²) in [6.07, 6.45) is 2.73. The van der Waals surface area contributed by atoms with Crippen LogP contribution in [0, 0.1) is 0 Å². The standard InChI is InChI=1S/C4H10As/c1-2-3-4-5/h5H,2-4H2,1H3. The van der Waals surface area contributed by atoms with Gasteiger partial charge in [-0.15, -0.1) is 0 Å². The fourth-order valence-corrected chi connectivity index (χ4v) is 0.919. The molecular weight excluding hydrogens is 123 g/mol. The van der Waals surface area contributed by atoms with Gasteiger partial charge in [0.2, 0.25) is 0 Å². The zero-order valence-electron chi connectivity index (χ0n) is 3.62. The van der Waals surface area contributed by atoms with Crippen LogP contribution in [0.25, 0.3) is 0 Å². The average molecular weight is 133 g/mol. The molecule has 0 nitrogen and oxygen atoms in total.